The van der Waals surface area contributed by atoms with Gasteiger partial charge in [0, 0.05) is 34.8 Å². The monoisotopic (exact) mass is 446 g/mol. The van der Waals surface area contributed by atoms with Gasteiger partial charge in [0.05, 0.1) is 11.1 Å². The van der Waals surface area contributed by atoms with Gasteiger partial charge in [-0.2, -0.15) is 0 Å². The molecule has 0 amide bonds. The molecule has 0 bridgehead atoms. The molecule has 1 N–H and O–H groups in total. The number of hydrogen-bond acceptors (Lipinski definition) is 2. The van der Waals surface area contributed by atoms with Gasteiger partial charge in [-0.3, -0.25) is 0 Å². The normalized spacial score (nSPS) is 15.9. The summed E-state index contributed by atoms with van der Waals surface area (Å²) < 4.78 is 9.23. The van der Waals surface area contributed by atoms with Gasteiger partial charge in [-0.05, 0) is 47.4 Å². The lowest BCUT2D eigenvalue weighted by Gasteiger charge is -2.27. The van der Waals surface area contributed by atoms with Crippen LogP contribution < -0.4 is 19.9 Å². The summed E-state index contributed by atoms with van der Waals surface area (Å²) in [5.41, 5.74) is 5.65. The van der Waals surface area contributed by atoms with Crippen LogP contribution in [0.3, 0.4) is 0 Å². The number of ether oxygens (including phenoxy) is 1. The van der Waals surface area contributed by atoms with Crippen LogP contribution in [-0.4, -0.2) is 24.2 Å². The highest BCUT2D eigenvalue weighted by molar-refractivity contribution is 6.05. The highest BCUT2D eigenvalue weighted by Crippen LogP contribution is 2.42. The summed E-state index contributed by atoms with van der Waals surface area (Å²) in [7, 11) is 0. The van der Waals surface area contributed by atoms with Gasteiger partial charge in [-0.1, -0.05) is 48.5 Å². The number of carboxylic acid groups (broad SMARTS) is 1. The molecular formula is C30H24NO3+. The van der Waals surface area contributed by atoms with Crippen molar-refractivity contribution in [1.29, 1.82) is 0 Å². The molecule has 3 heterocycles. The number of carboxylic acids is 1. The maximum Gasteiger partial charge on any atom is 0.336 e. The molecule has 0 aromatic heterocycles. The average Bonchev–Trinajstić information content (AvgIpc) is 2.88. The number of carbonyl (C=O) groups is 1. The zero-order chi connectivity index (χ0) is 22.8. The molecule has 0 fully saturated rings. The Morgan fingerprint density at radius 1 is 0.912 bits per heavy atom. The molecule has 0 atom stereocenters. The second-order valence-corrected chi connectivity index (χ2v) is 9.42. The number of benzene rings is 4. The maximum absolute atomic E-state index is 12.3. The predicted molar refractivity (Wildman–Crippen MR) is 132 cm³/mol. The Balaban J connectivity index is 1.72. The molecule has 3 aliphatic rings. The van der Waals surface area contributed by atoms with Crippen LogP contribution in [0.5, 0.6) is 11.5 Å². The minimum Gasteiger partial charge on any atom is -0.478 e. The minimum absolute atomic E-state index is 0.317. The molecule has 4 aromatic rings. The van der Waals surface area contributed by atoms with E-state index < -0.39 is 5.97 Å². The van der Waals surface area contributed by atoms with Crippen LogP contribution in [0, 0.1) is 0 Å². The zero-order valence-electron chi connectivity index (χ0n) is 18.8. The first kappa shape index (κ1) is 19.5. The Kier molecular flexibility index (Phi) is 4.19. The van der Waals surface area contributed by atoms with E-state index in [0.717, 1.165) is 83.0 Å². The standard InChI is InChI=1S/C30H23NO3/c32-30(33)22-11-4-3-10-21(22)26-24-17-19-8-5-15-31-16-6-12-23(28(19)31)29(24)34-25-14-13-18-7-1-2-9-20(18)27(25)26/h1-4,7,9-11,13-14,17H,5-6,8,12,15-16H2/p+1. The molecule has 0 saturated heterocycles. The van der Waals surface area contributed by atoms with E-state index in [1.165, 1.54) is 16.5 Å². The lowest BCUT2D eigenvalue weighted by atomic mass is 9.84. The Morgan fingerprint density at radius 3 is 2.59 bits per heavy atom. The average molecular weight is 447 g/mol. The van der Waals surface area contributed by atoms with Crippen molar-refractivity contribution in [2.75, 3.05) is 13.1 Å². The Morgan fingerprint density at radius 2 is 1.71 bits per heavy atom. The van der Waals surface area contributed by atoms with Crippen molar-refractivity contribution in [2.24, 2.45) is 0 Å². The topological polar surface area (TPSA) is 49.5 Å². The van der Waals surface area contributed by atoms with Crippen molar-refractivity contribution in [3.8, 4) is 11.5 Å². The molecule has 34 heavy (non-hydrogen) atoms. The van der Waals surface area contributed by atoms with E-state index in [2.05, 4.69) is 28.8 Å². The third-order valence-corrected chi connectivity index (χ3v) is 7.52. The van der Waals surface area contributed by atoms with Gasteiger partial charge in [0.2, 0.25) is 5.36 Å². The fourth-order valence-corrected chi connectivity index (χ4v) is 6.14. The number of aryl methyl sites for hydroxylation is 1. The first-order chi connectivity index (χ1) is 16.7. The lowest BCUT2D eigenvalue weighted by Crippen LogP contribution is -2.45. The van der Waals surface area contributed by atoms with Crippen molar-refractivity contribution in [1.82, 2.24) is 4.58 Å². The number of aromatic carboxylic acids is 1. The first-order valence-corrected chi connectivity index (χ1v) is 12.0. The molecule has 0 radical (unpaired) electrons. The summed E-state index contributed by atoms with van der Waals surface area (Å²) in [6, 6.07) is 22.1. The van der Waals surface area contributed by atoms with Crippen molar-refractivity contribution in [3.05, 3.63) is 105 Å². The molecule has 0 saturated carbocycles. The van der Waals surface area contributed by atoms with Crippen molar-refractivity contribution >= 4 is 22.3 Å². The van der Waals surface area contributed by atoms with Crippen LogP contribution in [0.4, 0.5) is 0 Å². The van der Waals surface area contributed by atoms with Gasteiger partial charge in [0.15, 0.2) is 0 Å². The highest BCUT2D eigenvalue weighted by Gasteiger charge is 2.32. The summed E-state index contributed by atoms with van der Waals surface area (Å²) >= 11 is 0. The lowest BCUT2D eigenvalue weighted by molar-refractivity contribution is 0.0696. The second-order valence-electron chi connectivity index (χ2n) is 9.42. The number of fused-ring (bicyclic) bond motifs is 5. The van der Waals surface area contributed by atoms with E-state index in [4.69, 9.17) is 4.74 Å². The third-order valence-electron chi connectivity index (χ3n) is 7.52. The molecule has 4 aromatic carbocycles. The summed E-state index contributed by atoms with van der Waals surface area (Å²) in [5, 5.41) is 14.7. The first-order valence-electron chi connectivity index (χ1n) is 12.0. The number of rotatable bonds is 2. The Labute approximate surface area is 197 Å². The molecule has 0 unspecified atom stereocenters. The fourth-order valence-electron chi connectivity index (χ4n) is 6.14. The summed E-state index contributed by atoms with van der Waals surface area (Å²) in [5.74, 6) is 0.789. The van der Waals surface area contributed by atoms with E-state index in [1.54, 1.807) is 12.1 Å². The van der Waals surface area contributed by atoms with Crippen LogP contribution in [0.1, 0.15) is 45.5 Å². The van der Waals surface area contributed by atoms with Gasteiger partial charge in [-0.15, -0.1) is 0 Å². The van der Waals surface area contributed by atoms with Crippen LogP contribution in [-0.2, 0) is 12.8 Å². The molecular weight excluding hydrogens is 422 g/mol. The van der Waals surface area contributed by atoms with E-state index in [0.29, 0.717) is 5.56 Å². The molecule has 0 spiro atoms. The smallest absolute Gasteiger partial charge is 0.336 e. The van der Waals surface area contributed by atoms with E-state index in [9.17, 15) is 9.90 Å². The van der Waals surface area contributed by atoms with Crippen molar-refractivity contribution < 1.29 is 14.6 Å². The minimum atomic E-state index is -0.914. The van der Waals surface area contributed by atoms with E-state index in [1.807, 2.05) is 30.3 Å². The Hall–Kier alpha value is -3.92. The van der Waals surface area contributed by atoms with E-state index in [-0.39, 0.29) is 0 Å². The maximum atomic E-state index is 12.3. The second kappa shape index (κ2) is 7.29. The van der Waals surface area contributed by atoms with Crippen LogP contribution in [0.2, 0.25) is 0 Å². The van der Waals surface area contributed by atoms with Crippen molar-refractivity contribution in [3.63, 3.8) is 0 Å². The van der Waals surface area contributed by atoms with Gasteiger partial charge >= 0.3 is 5.97 Å². The highest BCUT2D eigenvalue weighted by atomic mass is 16.5. The summed E-state index contributed by atoms with van der Waals surface area (Å²) in [6.07, 6.45) is 4.28. The van der Waals surface area contributed by atoms with Crippen LogP contribution in [0.25, 0.3) is 16.3 Å². The zero-order valence-corrected chi connectivity index (χ0v) is 18.8. The van der Waals surface area contributed by atoms with Crippen LogP contribution >= 0.6 is 0 Å². The third kappa shape index (κ3) is 2.72. The van der Waals surface area contributed by atoms with Crippen LogP contribution in [0.15, 0.2) is 66.7 Å². The number of hydrogen-bond donors (Lipinski definition) is 1. The fraction of sp³-hybridized carbons (Fsp3) is 0.200. The summed E-state index contributed by atoms with van der Waals surface area (Å²) in [4.78, 5) is 12.3. The van der Waals surface area contributed by atoms with Gasteiger partial charge in [-0.25, -0.2) is 9.37 Å². The largest absolute Gasteiger partial charge is 0.478 e. The van der Waals surface area contributed by atoms with Gasteiger partial charge < -0.3 is 9.84 Å². The molecule has 0 aliphatic carbocycles. The molecule has 4 heteroatoms. The quantitative estimate of drug-likeness (QED) is 0.412. The van der Waals surface area contributed by atoms with Crippen molar-refractivity contribution in [2.45, 2.75) is 25.7 Å². The SMILES string of the molecule is O=C(O)c1ccccc1C1=c2cc3c4c(c2Oc2ccc5ccccc5c21)CCC[N+]=4CCC3. The number of nitrogens with zero attached hydrogens (tertiary/aromatic N) is 1. The molecule has 7 rings (SSSR count). The summed E-state index contributed by atoms with van der Waals surface area (Å²) in [6.45, 7) is 2.19. The van der Waals surface area contributed by atoms with Gasteiger partial charge in [0.25, 0.3) is 0 Å². The molecule has 3 aliphatic heterocycles. The molecule has 4 nitrogen and oxygen atoms in total. The van der Waals surface area contributed by atoms with Gasteiger partial charge in [0.1, 0.15) is 24.6 Å². The Bertz CT molecular complexity index is 1660. The predicted octanol–water partition coefficient (Wildman–Crippen LogP) is 4.27. The molecule has 166 valence electrons. The van der Waals surface area contributed by atoms with E-state index >= 15 is 0 Å².